The lowest BCUT2D eigenvalue weighted by Crippen LogP contribution is -2.26. The standard InChI is InChI=1S/C11H16N2O3S/c1-7-5-10(7)13-17(14,15)8-3-4-11(16-2)9(12)6-8/h3-4,6-7,10,13H,5,12H2,1-2H3. The molecule has 2 rings (SSSR count). The molecule has 3 N–H and O–H groups in total. The van der Waals surface area contributed by atoms with Gasteiger partial charge in [0.05, 0.1) is 17.7 Å². The highest BCUT2D eigenvalue weighted by Gasteiger charge is 2.36. The van der Waals surface area contributed by atoms with E-state index >= 15 is 0 Å². The van der Waals surface area contributed by atoms with Gasteiger partial charge in [-0.05, 0) is 30.5 Å². The van der Waals surface area contributed by atoms with Gasteiger partial charge in [0, 0.05) is 6.04 Å². The van der Waals surface area contributed by atoms with E-state index in [0.717, 1.165) is 6.42 Å². The molecule has 1 saturated carbocycles. The van der Waals surface area contributed by atoms with Gasteiger partial charge in [-0.3, -0.25) is 0 Å². The minimum Gasteiger partial charge on any atom is -0.495 e. The lowest BCUT2D eigenvalue weighted by Gasteiger charge is -2.09. The van der Waals surface area contributed by atoms with Gasteiger partial charge in [0.15, 0.2) is 0 Å². The van der Waals surface area contributed by atoms with Gasteiger partial charge in [-0.15, -0.1) is 0 Å². The van der Waals surface area contributed by atoms with Crippen LogP contribution < -0.4 is 15.2 Å². The Bertz CT molecular complexity index is 528. The topological polar surface area (TPSA) is 81.4 Å². The highest BCUT2D eigenvalue weighted by molar-refractivity contribution is 7.89. The summed E-state index contributed by atoms with van der Waals surface area (Å²) >= 11 is 0. The average molecular weight is 256 g/mol. The molecule has 0 amide bonds. The molecule has 1 fully saturated rings. The molecule has 1 aliphatic carbocycles. The second-order valence-electron chi connectivity index (χ2n) is 4.34. The van der Waals surface area contributed by atoms with Crippen molar-refractivity contribution in [3.05, 3.63) is 18.2 Å². The molecular formula is C11H16N2O3S. The molecule has 2 atom stereocenters. The monoisotopic (exact) mass is 256 g/mol. The summed E-state index contributed by atoms with van der Waals surface area (Å²) in [7, 11) is -1.97. The van der Waals surface area contributed by atoms with E-state index in [1.54, 1.807) is 6.07 Å². The maximum absolute atomic E-state index is 12.0. The SMILES string of the molecule is COc1ccc(S(=O)(=O)NC2CC2C)cc1N. The van der Waals surface area contributed by atoms with Crippen molar-refractivity contribution in [2.75, 3.05) is 12.8 Å². The first-order valence-corrected chi connectivity index (χ1v) is 6.88. The summed E-state index contributed by atoms with van der Waals surface area (Å²) in [6, 6.07) is 4.52. The summed E-state index contributed by atoms with van der Waals surface area (Å²) in [5.41, 5.74) is 6.00. The highest BCUT2D eigenvalue weighted by atomic mass is 32.2. The van der Waals surface area contributed by atoms with Crippen molar-refractivity contribution in [1.29, 1.82) is 0 Å². The summed E-state index contributed by atoms with van der Waals surface area (Å²) in [5.74, 6) is 0.893. The summed E-state index contributed by atoms with van der Waals surface area (Å²) < 4.78 is 31.6. The van der Waals surface area contributed by atoms with Crippen LogP contribution in [0, 0.1) is 5.92 Å². The van der Waals surface area contributed by atoms with Crippen LogP contribution in [0.25, 0.3) is 0 Å². The first kappa shape index (κ1) is 12.2. The van der Waals surface area contributed by atoms with E-state index in [4.69, 9.17) is 10.5 Å². The number of nitrogens with one attached hydrogen (secondary N) is 1. The van der Waals surface area contributed by atoms with Crippen LogP contribution in [0.4, 0.5) is 5.69 Å². The average Bonchev–Trinajstić information content (AvgIpc) is 2.93. The number of methoxy groups -OCH3 is 1. The fourth-order valence-corrected chi connectivity index (χ4v) is 3.03. The molecule has 0 spiro atoms. The Balaban J connectivity index is 2.24. The predicted octanol–water partition coefficient (Wildman–Crippen LogP) is 0.964. The van der Waals surface area contributed by atoms with Crippen LogP contribution in [0.2, 0.25) is 0 Å². The molecule has 0 aromatic heterocycles. The molecule has 0 aliphatic heterocycles. The number of anilines is 1. The Morgan fingerprint density at radius 1 is 1.47 bits per heavy atom. The maximum atomic E-state index is 12.0. The lowest BCUT2D eigenvalue weighted by molar-refractivity contribution is 0.416. The molecule has 2 unspecified atom stereocenters. The molecule has 94 valence electrons. The molecule has 6 heteroatoms. The van der Waals surface area contributed by atoms with Crippen molar-refractivity contribution in [3.8, 4) is 5.75 Å². The number of hydrogen-bond acceptors (Lipinski definition) is 4. The van der Waals surface area contributed by atoms with Crippen molar-refractivity contribution in [2.24, 2.45) is 5.92 Å². The minimum absolute atomic E-state index is 0.0586. The zero-order valence-electron chi connectivity index (χ0n) is 9.80. The van der Waals surface area contributed by atoms with Gasteiger partial charge in [0.2, 0.25) is 10.0 Å². The number of nitrogens with two attached hydrogens (primary N) is 1. The first-order valence-electron chi connectivity index (χ1n) is 5.40. The van der Waals surface area contributed by atoms with E-state index in [1.807, 2.05) is 6.92 Å². The molecule has 17 heavy (non-hydrogen) atoms. The third-order valence-electron chi connectivity index (χ3n) is 2.93. The van der Waals surface area contributed by atoms with Crippen molar-refractivity contribution >= 4 is 15.7 Å². The Morgan fingerprint density at radius 3 is 2.59 bits per heavy atom. The number of nitrogen functional groups attached to an aromatic ring is 1. The molecule has 5 nitrogen and oxygen atoms in total. The number of ether oxygens (including phenoxy) is 1. The summed E-state index contributed by atoms with van der Waals surface area (Å²) in [5, 5.41) is 0. The second-order valence-corrected chi connectivity index (χ2v) is 6.06. The maximum Gasteiger partial charge on any atom is 0.240 e. The Hall–Kier alpha value is -1.27. The zero-order valence-corrected chi connectivity index (χ0v) is 10.6. The van der Waals surface area contributed by atoms with E-state index in [9.17, 15) is 8.42 Å². The van der Waals surface area contributed by atoms with Gasteiger partial charge in [-0.25, -0.2) is 13.1 Å². The van der Waals surface area contributed by atoms with Crippen LogP contribution in [-0.4, -0.2) is 21.6 Å². The number of rotatable bonds is 4. The third-order valence-corrected chi connectivity index (χ3v) is 4.42. The smallest absolute Gasteiger partial charge is 0.240 e. The van der Waals surface area contributed by atoms with Crippen LogP contribution in [0.5, 0.6) is 5.75 Å². The molecule has 0 bridgehead atoms. The summed E-state index contributed by atoms with van der Waals surface area (Å²) in [6.07, 6.45) is 0.894. The van der Waals surface area contributed by atoms with Crippen LogP contribution in [0.15, 0.2) is 23.1 Å². The van der Waals surface area contributed by atoms with Crippen molar-refractivity contribution < 1.29 is 13.2 Å². The van der Waals surface area contributed by atoms with Crippen LogP contribution in [0.3, 0.4) is 0 Å². The lowest BCUT2D eigenvalue weighted by atomic mass is 10.3. The normalized spacial score (nSPS) is 23.4. The van der Waals surface area contributed by atoms with Crippen molar-refractivity contribution in [2.45, 2.75) is 24.3 Å². The molecule has 0 saturated heterocycles. The zero-order chi connectivity index (χ0) is 12.6. The van der Waals surface area contributed by atoms with Crippen molar-refractivity contribution in [1.82, 2.24) is 4.72 Å². The fraction of sp³-hybridized carbons (Fsp3) is 0.455. The van der Waals surface area contributed by atoms with Gasteiger partial charge in [0.25, 0.3) is 0 Å². The Kier molecular flexibility index (Phi) is 3.01. The van der Waals surface area contributed by atoms with Gasteiger partial charge in [-0.2, -0.15) is 0 Å². The predicted molar refractivity (Wildman–Crippen MR) is 65.3 cm³/mol. The first-order chi connectivity index (χ1) is 7.94. The minimum atomic E-state index is -3.46. The van der Waals surface area contributed by atoms with E-state index in [2.05, 4.69) is 4.72 Å². The summed E-state index contributed by atoms with van der Waals surface area (Å²) in [6.45, 7) is 2.01. The van der Waals surface area contributed by atoms with E-state index in [-0.39, 0.29) is 10.9 Å². The molecule has 0 heterocycles. The number of sulfonamides is 1. The van der Waals surface area contributed by atoms with Crippen molar-refractivity contribution in [3.63, 3.8) is 0 Å². The number of hydrogen-bond donors (Lipinski definition) is 2. The molecule has 1 aliphatic rings. The van der Waals surface area contributed by atoms with E-state index in [0.29, 0.717) is 17.4 Å². The molecular weight excluding hydrogens is 240 g/mol. The summed E-state index contributed by atoms with van der Waals surface area (Å²) in [4.78, 5) is 0.176. The largest absolute Gasteiger partial charge is 0.495 e. The second kappa shape index (κ2) is 4.19. The van der Waals surface area contributed by atoms with Gasteiger partial charge >= 0.3 is 0 Å². The quantitative estimate of drug-likeness (QED) is 0.786. The Labute approximate surface area is 101 Å². The van der Waals surface area contributed by atoms with Gasteiger partial charge < -0.3 is 10.5 Å². The molecule has 0 radical (unpaired) electrons. The molecule has 1 aromatic carbocycles. The van der Waals surface area contributed by atoms with Gasteiger partial charge in [0.1, 0.15) is 5.75 Å². The van der Waals surface area contributed by atoms with Gasteiger partial charge in [-0.1, -0.05) is 6.92 Å². The fourth-order valence-electron chi connectivity index (χ4n) is 1.63. The Morgan fingerprint density at radius 2 is 2.12 bits per heavy atom. The van der Waals surface area contributed by atoms with Crippen LogP contribution in [-0.2, 0) is 10.0 Å². The third kappa shape index (κ3) is 2.53. The molecule has 1 aromatic rings. The van der Waals surface area contributed by atoms with Crippen LogP contribution in [0.1, 0.15) is 13.3 Å². The highest BCUT2D eigenvalue weighted by Crippen LogP contribution is 2.31. The van der Waals surface area contributed by atoms with E-state index in [1.165, 1.54) is 19.2 Å². The van der Waals surface area contributed by atoms with Crippen LogP contribution >= 0.6 is 0 Å². The van der Waals surface area contributed by atoms with E-state index < -0.39 is 10.0 Å². The number of benzene rings is 1.